The van der Waals surface area contributed by atoms with Crippen molar-refractivity contribution in [2.24, 2.45) is 11.8 Å². The van der Waals surface area contributed by atoms with Crippen LogP contribution in [-0.4, -0.2) is 40.8 Å². The molecule has 2 atom stereocenters. The molecule has 3 fully saturated rings. The summed E-state index contributed by atoms with van der Waals surface area (Å²) in [7, 11) is 0. The van der Waals surface area contributed by atoms with Gasteiger partial charge in [-0.05, 0) is 49.5 Å². The lowest BCUT2D eigenvalue weighted by Crippen LogP contribution is -2.45. The van der Waals surface area contributed by atoms with E-state index in [2.05, 4.69) is 17.4 Å². The van der Waals surface area contributed by atoms with Crippen molar-refractivity contribution in [3.05, 3.63) is 52.0 Å². The number of piperidine rings is 1. The van der Waals surface area contributed by atoms with Gasteiger partial charge >= 0.3 is 0 Å². The van der Waals surface area contributed by atoms with Gasteiger partial charge in [-0.3, -0.25) is 9.59 Å². The Morgan fingerprint density at radius 3 is 2.42 bits per heavy atom. The van der Waals surface area contributed by atoms with Crippen molar-refractivity contribution in [2.75, 3.05) is 13.1 Å². The summed E-state index contributed by atoms with van der Waals surface area (Å²) in [5.41, 5.74) is 1.80. The molecule has 2 aliphatic carbocycles. The number of nitrogens with one attached hydrogen (secondary N) is 1. The molecule has 36 heavy (non-hydrogen) atoms. The maximum Gasteiger partial charge on any atom is 0.270 e. The second-order valence-corrected chi connectivity index (χ2v) is 12.0. The molecule has 0 bridgehead atoms. The number of thiazole rings is 1. The van der Waals surface area contributed by atoms with Crippen molar-refractivity contribution in [3.63, 3.8) is 0 Å². The fraction of sp³-hybridized carbons (Fsp3) is 0.633. The molecule has 2 saturated carbocycles. The number of hydrogen-bond donors (Lipinski definition) is 1. The van der Waals surface area contributed by atoms with Gasteiger partial charge < -0.3 is 10.2 Å². The lowest BCUT2D eigenvalue weighted by molar-refractivity contribution is -0.132. The summed E-state index contributed by atoms with van der Waals surface area (Å²) < 4.78 is 0. The number of carbonyl (C=O) groups is 2. The Hall–Kier alpha value is -2.21. The minimum Gasteiger partial charge on any atom is -0.348 e. The predicted molar refractivity (Wildman–Crippen MR) is 145 cm³/mol. The van der Waals surface area contributed by atoms with Gasteiger partial charge in [-0.2, -0.15) is 0 Å². The van der Waals surface area contributed by atoms with Gasteiger partial charge in [0.1, 0.15) is 5.69 Å². The van der Waals surface area contributed by atoms with Crippen LogP contribution in [0.3, 0.4) is 0 Å². The van der Waals surface area contributed by atoms with Crippen molar-refractivity contribution in [3.8, 4) is 0 Å². The van der Waals surface area contributed by atoms with E-state index in [0.717, 1.165) is 49.7 Å². The van der Waals surface area contributed by atoms with Crippen LogP contribution in [0.4, 0.5) is 0 Å². The van der Waals surface area contributed by atoms with E-state index in [1.54, 1.807) is 11.3 Å². The Kier molecular flexibility index (Phi) is 8.73. The first kappa shape index (κ1) is 25.4. The van der Waals surface area contributed by atoms with Crippen LogP contribution >= 0.6 is 11.3 Å². The van der Waals surface area contributed by atoms with Crippen LogP contribution in [0.1, 0.15) is 104 Å². The molecule has 5 rings (SSSR count). The van der Waals surface area contributed by atoms with Gasteiger partial charge in [0, 0.05) is 36.9 Å². The number of rotatable bonds is 7. The third-order valence-electron chi connectivity index (χ3n) is 8.81. The second kappa shape index (κ2) is 12.4. The molecule has 1 N–H and O–H groups in total. The number of likely N-dealkylation sites (tertiary alicyclic amines) is 1. The van der Waals surface area contributed by atoms with Gasteiger partial charge in [0.05, 0.1) is 5.01 Å². The Bertz CT molecular complexity index is 993. The van der Waals surface area contributed by atoms with Gasteiger partial charge in [0.25, 0.3) is 5.91 Å². The van der Waals surface area contributed by atoms with Crippen molar-refractivity contribution < 1.29 is 9.59 Å². The molecule has 1 aromatic heterocycles. The number of benzene rings is 1. The Morgan fingerprint density at radius 2 is 1.64 bits per heavy atom. The first-order valence-corrected chi connectivity index (χ1v) is 15.1. The van der Waals surface area contributed by atoms with Crippen LogP contribution in [0.25, 0.3) is 0 Å². The lowest BCUT2D eigenvalue weighted by atomic mass is 9.71. The number of hydrogen-bond acceptors (Lipinski definition) is 4. The van der Waals surface area contributed by atoms with Gasteiger partial charge in [0.2, 0.25) is 5.91 Å². The highest BCUT2D eigenvalue weighted by molar-refractivity contribution is 7.09. The van der Waals surface area contributed by atoms with Crippen LogP contribution in [-0.2, 0) is 11.2 Å². The Morgan fingerprint density at radius 1 is 0.917 bits per heavy atom. The summed E-state index contributed by atoms with van der Waals surface area (Å²) in [6.45, 7) is 1.56. The van der Waals surface area contributed by atoms with E-state index in [1.165, 1.54) is 56.9 Å². The Labute approximate surface area is 220 Å². The molecule has 1 aromatic carbocycles. The van der Waals surface area contributed by atoms with Crippen LogP contribution in [0.2, 0.25) is 0 Å². The van der Waals surface area contributed by atoms with Crippen LogP contribution in [0, 0.1) is 11.8 Å². The minimum atomic E-state index is 0.0127. The second-order valence-electron chi connectivity index (χ2n) is 11.1. The van der Waals surface area contributed by atoms with Crippen molar-refractivity contribution >= 4 is 23.2 Å². The molecule has 2 amide bonds. The summed E-state index contributed by atoms with van der Waals surface area (Å²) >= 11 is 1.62. The average Bonchev–Trinajstić information content (AvgIpc) is 3.44. The van der Waals surface area contributed by atoms with Crippen molar-refractivity contribution in [1.82, 2.24) is 15.2 Å². The van der Waals surface area contributed by atoms with E-state index in [1.807, 2.05) is 28.5 Å². The summed E-state index contributed by atoms with van der Waals surface area (Å²) in [5.74, 6) is 2.04. The van der Waals surface area contributed by atoms with Crippen LogP contribution < -0.4 is 5.32 Å². The SMILES string of the molecule is O=C(NC1CCCC[C@@H]1C1CCCCC1)c1csc(C2CCN(C(=O)CCc3ccccc3)CC2)n1. The van der Waals surface area contributed by atoms with E-state index in [4.69, 9.17) is 4.98 Å². The van der Waals surface area contributed by atoms with E-state index >= 15 is 0 Å². The summed E-state index contributed by atoms with van der Waals surface area (Å²) in [4.78, 5) is 32.6. The molecule has 5 nitrogen and oxygen atoms in total. The molecule has 1 aliphatic heterocycles. The Balaban J connectivity index is 1.11. The number of amides is 2. The van der Waals surface area contributed by atoms with E-state index in [0.29, 0.717) is 30.0 Å². The monoisotopic (exact) mass is 507 g/mol. The van der Waals surface area contributed by atoms with Gasteiger partial charge in [0.15, 0.2) is 0 Å². The average molecular weight is 508 g/mol. The molecule has 1 saturated heterocycles. The standard InChI is InChI=1S/C30H41N3O2S/c34-28(16-15-22-9-3-1-4-10-22)33-19-17-24(18-20-33)30-32-27(21-36-30)29(35)31-26-14-8-7-13-25(26)23-11-5-2-6-12-23/h1,3-4,9-10,21,23-26H,2,5-8,11-20H2,(H,31,35)/t25-,26?/m1/s1. The summed E-state index contributed by atoms with van der Waals surface area (Å²) in [6.07, 6.45) is 14.9. The van der Waals surface area contributed by atoms with Gasteiger partial charge in [-0.1, -0.05) is 75.3 Å². The van der Waals surface area contributed by atoms with Crippen LogP contribution in [0.5, 0.6) is 0 Å². The number of aryl methyl sites for hydroxylation is 1. The summed E-state index contributed by atoms with van der Waals surface area (Å²) in [6, 6.07) is 10.5. The number of nitrogens with zero attached hydrogens (tertiary/aromatic N) is 2. The zero-order valence-electron chi connectivity index (χ0n) is 21.5. The number of carbonyl (C=O) groups excluding carboxylic acids is 2. The zero-order valence-corrected chi connectivity index (χ0v) is 22.3. The maximum atomic E-state index is 13.1. The smallest absolute Gasteiger partial charge is 0.270 e. The highest BCUT2D eigenvalue weighted by Crippen LogP contribution is 2.38. The molecular formula is C30H41N3O2S. The molecule has 2 heterocycles. The van der Waals surface area contributed by atoms with Gasteiger partial charge in [-0.25, -0.2) is 4.98 Å². The molecule has 0 spiro atoms. The third kappa shape index (κ3) is 6.37. The largest absolute Gasteiger partial charge is 0.348 e. The molecule has 2 aromatic rings. The molecule has 1 unspecified atom stereocenters. The topological polar surface area (TPSA) is 62.3 Å². The lowest BCUT2D eigenvalue weighted by Gasteiger charge is -2.39. The predicted octanol–water partition coefficient (Wildman–Crippen LogP) is 6.35. The van der Waals surface area contributed by atoms with Crippen molar-refractivity contribution in [2.45, 2.75) is 95.4 Å². The molecule has 3 aliphatic rings. The fourth-order valence-electron chi connectivity index (χ4n) is 6.72. The molecule has 194 valence electrons. The van der Waals surface area contributed by atoms with Crippen molar-refractivity contribution in [1.29, 1.82) is 0 Å². The van der Waals surface area contributed by atoms with E-state index in [9.17, 15) is 9.59 Å². The minimum absolute atomic E-state index is 0.0127. The van der Waals surface area contributed by atoms with Gasteiger partial charge in [-0.15, -0.1) is 11.3 Å². The van der Waals surface area contributed by atoms with Crippen LogP contribution in [0.15, 0.2) is 35.7 Å². The fourth-order valence-corrected chi connectivity index (χ4v) is 7.69. The molecule has 0 radical (unpaired) electrons. The molecular weight excluding hydrogens is 466 g/mol. The summed E-state index contributed by atoms with van der Waals surface area (Å²) in [5, 5.41) is 6.40. The normalized spacial score (nSPS) is 23.9. The first-order valence-electron chi connectivity index (χ1n) is 14.3. The van der Waals surface area contributed by atoms with E-state index < -0.39 is 0 Å². The quantitative estimate of drug-likeness (QED) is 0.475. The highest BCUT2D eigenvalue weighted by Gasteiger charge is 2.34. The molecule has 6 heteroatoms. The maximum absolute atomic E-state index is 13.1. The third-order valence-corrected chi connectivity index (χ3v) is 9.82. The first-order chi connectivity index (χ1) is 17.7. The van der Waals surface area contributed by atoms with E-state index in [-0.39, 0.29) is 11.8 Å². The highest BCUT2D eigenvalue weighted by atomic mass is 32.1. The zero-order chi connectivity index (χ0) is 24.7. The number of aromatic nitrogens is 1.